The summed E-state index contributed by atoms with van der Waals surface area (Å²) in [4.78, 5) is 0. The number of hydrogen-bond acceptors (Lipinski definition) is 1. The predicted molar refractivity (Wildman–Crippen MR) is 63.1 cm³/mol. The van der Waals surface area contributed by atoms with Crippen LogP contribution in [-0.2, 0) is 6.54 Å². The molecule has 1 aromatic rings. The van der Waals surface area contributed by atoms with Crippen LogP contribution in [-0.4, -0.2) is 0 Å². The lowest BCUT2D eigenvalue weighted by molar-refractivity contribution is 0.804. The summed E-state index contributed by atoms with van der Waals surface area (Å²) in [5, 5.41) is 3.35. The molecule has 0 atom stereocenters. The van der Waals surface area contributed by atoms with E-state index in [1.165, 1.54) is 5.56 Å². The van der Waals surface area contributed by atoms with E-state index >= 15 is 0 Å². The Morgan fingerprint density at radius 2 is 2.13 bits per heavy atom. The molecule has 0 aliphatic carbocycles. The van der Waals surface area contributed by atoms with Crippen LogP contribution in [0.15, 0.2) is 48.2 Å². The largest absolute Gasteiger partial charge is 0.383 e. The molecular weight excluding hydrogens is 182 g/mol. The molecule has 1 aromatic carbocycles. The SMILES string of the molecule is C=C/C1=C(\C)NCc2ccccc2C#C1. The van der Waals surface area contributed by atoms with E-state index in [-0.39, 0.29) is 0 Å². The number of benzene rings is 1. The average molecular weight is 195 g/mol. The zero-order valence-electron chi connectivity index (χ0n) is 8.80. The first kappa shape index (κ1) is 9.61. The van der Waals surface area contributed by atoms with Gasteiger partial charge < -0.3 is 5.32 Å². The summed E-state index contributed by atoms with van der Waals surface area (Å²) in [6.07, 6.45) is 1.79. The van der Waals surface area contributed by atoms with Crippen LogP contribution in [0, 0.1) is 11.8 Å². The van der Waals surface area contributed by atoms with Crippen LogP contribution in [0.5, 0.6) is 0 Å². The molecule has 2 rings (SSSR count). The molecule has 74 valence electrons. The first-order valence-corrected chi connectivity index (χ1v) is 4.98. The maximum absolute atomic E-state index is 3.76. The summed E-state index contributed by atoms with van der Waals surface area (Å²) in [7, 11) is 0. The van der Waals surface area contributed by atoms with Gasteiger partial charge in [-0.3, -0.25) is 0 Å². The molecule has 0 saturated carbocycles. The van der Waals surface area contributed by atoms with Crippen molar-refractivity contribution in [2.24, 2.45) is 0 Å². The van der Waals surface area contributed by atoms with Gasteiger partial charge in [0.15, 0.2) is 0 Å². The number of allylic oxidation sites excluding steroid dienone is 3. The molecule has 0 fully saturated rings. The van der Waals surface area contributed by atoms with Crippen LogP contribution in [0.3, 0.4) is 0 Å². The summed E-state index contributed by atoms with van der Waals surface area (Å²) in [5.74, 6) is 6.30. The maximum Gasteiger partial charge on any atom is 0.0429 e. The van der Waals surface area contributed by atoms with Gasteiger partial charge in [-0.2, -0.15) is 0 Å². The van der Waals surface area contributed by atoms with Crippen molar-refractivity contribution in [1.82, 2.24) is 5.32 Å². The molecule has 1 nitrogen and oxygen atoms in total. The normalized spacial score (nSPS) is 18.7. The number of nitrogens with one attached hydrogen (secondary N) is 1. The monoisotopic (exact) mass is 195 g/mol. The second-order valence-corrected chi connectivity index (χ2v) is 3.50. The molecule has 1 heterocycles. The van der Waals surface area contributed by atoms with E-state index in [2.05, 4.69) is 29.8 Å². The van der Waals surface area contributed by atoms with Crippen molar-refractivity contribution in [3.8, 4) is 11.8 Å². The van der Waals surface area contributed by atoms with Gasteiger partial charge in [-0.15, -0.1) is 0 Å². The number of fused-ring (bicyclic) bond motifs is 1. The first-order valence-electron chi connectivity index (χ1n) is 4.98. The fourth-order valence-corrected chi connectivity index (χ4v) is 1.55. The van der Waals surface area contributed by atoms with Gasteiger partial charge in [-0.25, -0.2) is 0 Å². The maximum atomic E-state index is 3.76. The van der Waals surface area contributed by atoms with Gasteiger partial charge in [0, 0.05) is 23.4 Å². The Labute approximate surface area is 90.5 Å². The Kier molecular flexibility index (Phi) is 2.60. The smallest absolute Gasteiger partial charge is 0.0429 e. The zero-order chi connectivity index (χ0) is 10.7. The lowest BCUT2D eigenvalue weighted by Gasteiger charge is -2.12. The number of rotatable bonds is 1. The van der Waals surface area contributed by atoms with Crippen molar-refractivity contribution in [3.05, 3.63) is 59.3 Å². The third-order valence-electron chi connectivity index (χ3n) is 2.50. The Hall–Kier alpha value is -1.94. The van der Waals surface area contributed by atoms with Crippen LogP contribution >= 0.6 is 0 Å². The van der Waals surface area contributed by atoms with Gasteiger partial charge in [0.05, 0.1) is 0 Å². The average Bonchev–Trinajstić information content (AvgIpc) is 2.26. The van der Waals surface area contributed by atoms with Gasteiger partial charge in [0.1, 0.15) is 0 Å². The summed E-state index contributed by atoms with van der Waals surface area (Å²) < 4.78 is 0. The van der Waals surface area contributed by atoms with E-state index in [1.54, 1.807) is 6.08 Å². The molecule has 0 spiro atoms. The highest BCUT2D eigenvalue weighted by molar-refractivity contribution is 5.50. The lowest BCUT2D eigenvalue weighted by Crippen LogP contribution is -2.14. The fourth-order valence-electron chi connectivity index (χ4n) is 1.55. The van der Waals surface area contributed by atoms with Gasteiger partial charge >= 0.3 is 0 Å². The van der Waals surface area contributed by atoms with Crippen molar-refractivity contribution in [1.29, 1.82) is 0 Å². The highest BCUT2D eigenvalue weighted by Gasteiger charge is 2.03. The molecule has 0 unspecified atom stereocenters. The quantitative estimate of drug-likeness (QED) is 0.679. The summed E-state index contributed by atoms with van der Waals surface area (Å²) in [6.45, 7) is 6.62. The molecular formula is C14H13N. The Morgan fingerprint density at radius 3 is 2.93 bits per heavy atom. The van der Waals surface area contributed by atoms with Crippen molar-refractivity contribution in [2.45, 2.75) is 13.5 Å². The van der Waals surface area contributed by atoms with Crippen LogP contribution in [0.25, 0.3) is 0 Å². The highest BCUT2D eigenvalue weighted by Crippen LogP contribution is 2.12. The molecule has 1 aliphatic rings. The van der Waals surface area contributed by atoms with E-state index < -0.39 is 0 Å². The molecule has 1 aliphatic heterocycles. The molecule has 0 amide bonds. The Bertz CT molecular complexity index is 484. The van der Waals surface area contributed by atoms with Gasteiger partial charge in [-0.05, 0) is 18.6 Å². The molecule has 0 saturated heterocycles. The van der Waals surface area contributed by atoms with Crippen LogP contribution in [0.1, 0.15) is 18.1 Å². The molecule has 1 heteroatoms. The number of hydrogen-bond donors (Lipinski definition) is 1. The van der Waals surface area contributed by atoms with Gasteiger partial charge in [-0.1, -0.05) is 42.7 Å². The minimum atomic E-state index is 0.827. The summed E-state index contributed by atoms with van der Waals surface area (Å²) in [6, 6.07) is 8.20. The standard InChI is InChI=1S/C14H13N/c1-3-12-8-9-13-6-4-5-7-14(13)10-15-11(12)2/h3-7,15H,1,10H2,2H3/b12-11-. The molecule has 15 heavy (non-hydrogen) atoms. The summed E-state index contributed by atoms with van der Waals surface area (Å²) >= 11 is 0. The minimum Gasteiger partial charge on any atom is -0.383 e. The van der Waals surface area contributed by atoms with Gasteiger partial charge in [0.2, 0.25) is 0 Å². The van der Waals surface area contributed by atoms with Crippen molar-refractivity contribution >= 4 is 0 Å². The topological polar surface area (TPSA) is 12.0 Å². The van der Waals surface area contributed by atoms with Crippen molar-refractivity contribution in [2.75, 3.05) is 0 Å². The van der Waals surface area contributed by atoms with Crippen LogP contribution < -0.4 is 5.32 Å². The van der Waals surface area contributed by atoms with E-state index in [9.17, 15) is 0 Å². The van der Waals surface area contributed by atoms with Crippen LogP contribution in [0.4, 0.5) is 0 Å². The first-order chi connectivity index (χ1) is 7.31. The lowest BCUT2D eigenvalue weighted by atomic mass is 10.0. The second kappa shape index (κ2) is 4.06. The Morgan fingerprint density at radius 1 is 1.33 bits per heavy atom. The molecule has 0 aromatic heterocycles. The van der Waals surface area contributed by atoms with Crippen LogP contribution in [0.2, 0.25) is 0 Å². The van der Waals surface area contributed by atoms with Crippen molar-refractivity contribution < 1.29 is 0 Å². The van der Waals surface area contributed by atoms with Gasteiger partial charge in [0.25, 0.3) is 0 Å². The fraction of sp³-hybridized carbons (Fsp3) is 0.143. The molecule has 1 N–H and O–H groups in total. The molecule has 0 bridgehead atoms. The third-order valence-corrected chi connectivity index (χ3v) is 2.50. The van der Waals surface area contributed by atoms with Crippen molar-refractivity contribution in [3.63, 3.8) is 0 Å². The Balaban J connectivity index is 2.50. The van der Waals surface area contributed by atoms with E-state index in [0.717, 1.165) is 23.4 Å². The van der Waals surface area contributed by atoms with E-state index in [1.807, 2.05) is 25.1 Å². The van der Waals surface area contributed by atoms with E-state index in [0.29, 0.717) is 0 Å². The minimum absolute atomic E-state index is 0.827. The zero-order valence-corrected chi connectivity index (χ0v) is 8.80. The summed E-state index contributed by atoms with van der Waals surface area (Å²) in [5.41, 5.74) is 4.40. The highest BCUT2D eigenvalue weighted by atomic mass is 14.9. The molecule has 0 radical (unpaired) electrons. The third kappa shape index (κ3) is 1.94. The van der Waals surface area contributed by atoms with E-state index in [4.69, 9.17) is 0 Å². The predicted octanol–water partition coefficient (Wildman–Crippen LogP) is 2.60. The second-order valence-electron chi connectivity index (χ2n) is 3.50.